The highest BCUT2D eigenvalue weighted by molar-refractivity contribution is 6.33. The molecule has 0 saturated carbocycles. The smallest absolute Gasteiger partial charge is 0.346 e. The Kier molecular flexibility index (Phi) is 4.93. The molecule has 10 nitrogen and oxygen atoms in total. The van der Waals surface area contributed by atoms with E-state index in [-0.39, 0.29) is 18.1 Å². The SMILES string of the molecule is Cn1c(=O)c2c(c3cc(Nc4nc(N5CCCC5=O)ncc4Cl)ccc31)NCCOC2=O. The van der Waals surface area contributed by atoms with Crippen LogP contribution in [-0.2, 0) is 16.6 Å². The van der Waals surface area contributed by atoms with Gasteiger partial charge in [-0.3, -0.25) is 14.5 Å². The third-order valence-electron chi connectivity index (χ3n) is 5.55. The molecular formula is C21H19ClN6O4. The number of cyclic esters (lactones) is 1. The number of amides is 1. The minimum absolute atomic E-state index is 0.0226. The average molecular weight is 455 g/mol. The van der Waals surface area contributed by atoms with Gasteiger partial charge in [0.05, 0.1) is 17.4 Å². The van der Waals surface area contributed by atoms with E-state index in [2.05, 4.69) is 20.6 Å². The maximum absolute atomic E-state index is 12.7. The summed E-state index contributed by atoms with van der Waals surface area (Å²) in [5.41, 5.74) is 1.28. The van der Waals surface area contributed by atoms with Crippen molar-refractivity contribution in [2.24, 2.45) is 7.05 Å². The Morgan fingerprint density at radius 3 is 2.88 bits per heavy atom. The van der Waals surface area contributed by atoms with E-state index in [4.69, 9.17) is 16.3 Å². The molecule has 2 aromatic heterocycles. The summed E-state index contributed by atoms with van der Waals surface area (Å²) < 4.78 is 6.55. The number of fused-ring (bicyclic) bond motifs is 3. The second kappa shape index (κ2) is 7.79. The van der Waals surface area contributed by atoms with Crippen LogP contribution in [0.5, 0.6) is 0 Å². The fourth-order valence-corrected chi connectivity index (χ4v) is 4.10. The van der Waals surface area contributed by atoms with Crippen molar-refractivity contribution in [3.63, 3.8) is 0 Å². The summed E-state index contributed by atoms with van der Waals surface area (Å²) in [6.45, 7) is 1.13. The summed E-state index contributed by atoms with van der Waals surface area (Å²) in [5, 5.41) is 7.26. The number of rotatable bonds is 3. The first-order valence-electron chi connectivity index (χ1n) is 10.1. The first kappa shape index (κ1) is 20.3. The Bertz CT molecular complexity index is 1340. The van der Waals surface area contributed by atoms with Gasteiger partial charge >= 0.3 is 5.97 Å². The standard InChI is InChI=1S/C21H19ClN6O4/c1-27-14-5-4-11(9-12(14)17-16(19(27)30)20(31)32-8-6-23-17)25-18-13(22)10-24-21(26-18)28-7-2-3-15(28)29/h4-5,9-10,23H,2-3,6-8H2,1H3,(H,24,25,26). The quantitative estimate of drug-likeness (QED) is 0.579. The van der Waals surface area contributed by atoms with Gasteiger partial charge in [-0.2, -0.15) is 4.98 Å². The molecule has 1 aromatic carbocycles. The zero-order chi connectivity index (χ0) is 22.4. The molecule has 5 rings (SSSR count). The number of benzene rings is 1. The molecule has 32 heavy (non-hydrogen) atoms. The molecule has 2 N–H and O–H groups in total. The van der Waals surface area contributed by atoms with Gasteiger partial charge in [-0.05, 0) is 24.6 Å². The maximum atomic E-state index is 12.7. The van der Waals surface area contributed by atoms with Crippen LogP contribution in [0.1, 0.15) is 23.2 Å². The lowest BCUT2D eigenvalue weighted by Crippen LogP contribution is -2.26. The largest absolute Gasteiger partial charge is 0.460 e. The van der Waals surface area contributed by atoms with Gasteiger partial charge in [0.1, 0.15) is 17.2 Å². The molecule has 0 unspecified atom stereocenters. The second-order valence-electron chi connectivity index (χ2n) is 7.55. The third kappa shape index (κ3) is 3.32. The lowest BCUT2D eigenvalue weighted by atomic mass is 10.1. The summed E-state index contributed by atoms with van der Waals surface area (Å²) >= 11 is 6.30. The lowest BCUT2D eigenvalue weighted by Gasteiger charge is -2.17. The molecule has 4 heterocycles. The van der Waals surface area contributed by atoms with Gasteiger partial charge in [-0.25, -0.2) is 9.78 Å². The number of hydrogen-bond donors (Lipinski definition) is 2. The second-order valence-corrected chi connectivity index (χ2v) is 7.96. The van der Waals surface area contributed by atoms with Crippen molar-refractivity contribution in [1.82, 2.24) is 14.5 Å². The Hall–Kier alpha value is -3.66. The highest BCUT2D eigenvalue weighted by atomic mass is 35.5. The zero-order valence-corrected chi connectivity index (χ0v) is 17.9. The molecule has 164 valence electrons. The summed E-state index contributed by atoms with van der Waals surface area (Å²) in [7, 11) is 1.61. The molecule has 0 bridgehead atoms. The van der Waals surface area contributed by atoms with Crippen molar-refractivity contribution >= 4 is 57.5 Å². The Morgan fingerprint density at radius 1 is 1.25 bits per heavy atom. The van der Waals surface area contributed by atoms with Gasteiger partial charge in [0.25, 0.3) is 5.56 Å². The van der Waals surface area contributed by atoms with E-state index in [0.717, 1.165) is 6.42 Å². The van der Waals surface area contributed by atoms with Crippen LogP contribution in [0.4, 0.5) is 23.1 Å². The van der Waals surface area contributed by atoms with Crippen LogP contribution in [0.25, 0.3) is 10.9 Å². The van der Waals surface area contributed by atoms with Gasteiger partial charge in [0.2, 0.25) is 11.9 Å². The van der Waals surface area contributed by atoms with Crippen LogP contribution in [-0.4, -0.2) is 46.1 Å². The van der Waals surface area contributed by atoms with E-state index in [1.165, 1.54) is 15.7 Å². The number of nitrogens with zero attached hydrogens (tertiary/aromatic N) is 4. The average Bonchev–Trinajstić information content (AvgIpc) is 3.11. The monoisotopic (exact) mass is 454 g/mol. The van der Waals surface area contributed by atoms with E-state index in [1.54, 1.807) is 25.2 Å². The number of carbonyl (C=O) groups is 2. The summed E-state index contributed by atoms with van der Waals surface area (Å²) in [6, 6.07) is 5.36. The number of pyridine rings is 1. The number of hydrogen-bond acceptors (Lipinski definition) is 8. The van der Waals surface area contributed by atoms with Crippen molar-refractivity contribution in [3.05, 3.63) is 45.3 Å². The van der Waals surface area contributed by atoms with E-state index < -0.39 is 11.5 Å². The fourth-order valence-electron chi connectivity index (χ4n) is 3.96. The molecule has 2 aliphatic heterocycles. The summed E-state index contributed by atoms with van der Waals surface area (Å²) in [6.07, 6.45) is 2.68. The zero-order valence-electron chi connectivity index (χ0n) is 17.1. The van der Waals surface area contributed by atoms with Crippen molar-refractivity contribution in [2.45, 2.75) is 12.8 Å². The normalized spacial score (nSPS) is 15.9. The fraction of sp³-hybridized carbons (Fsp3) is 0.286. The van der Waals surface area contributed by atoms with Crippen LogP contribution < -0.4 is 21.1 Å². The number of esters is 1. The number of carbonyl (C=O) groups excluding carboxylic acids is 2. The highest BCUT2D eigenvalue weighted by Gasteiger charge is 2.26. The van der Waals surface area contributed by atoms with Crippen LogP contribution >= 0.6 is 11.6 Å². The van der Waals surface area contributed by atoms with Crippen LogP contribution in [0, 0.1) is 0 Å². The Morgan fingerprint density at radius 2 is 2.09 bits per heavy atom. The minimum atomic E-state index is -0.648. The molecule has 1 saturated heterocycles. The molecule has 0 radical (unpaired) electrons. The predicted octanol–water partition coefficient (Wildman–Crippen LogP) is 2.43. The lowest BCUT2D eigenvalue weighted by molar-refractivity contribution is -0.117. The van der Waals surface area contributed by atoms with Gasteiger partial charge in [-0.15, -0.1) is 0 Å². The number of nitrogens with one attached hydrogen (secondary N) is 2. The van der Waals surface area contributed by atoms with Gasteiger partial charge in [0.15, 0.2) is 5.82 Å². The van der Waals surface area contributed by atoms with E-state index in [1.807, 2.05) is 0 Å². The Balaban J connectivity index is 1.58. The molecule has 1 fully saturated rings. The molecule has 11 heteroatoms. The van der Waals surface area contributed by atoms with E-state index in [9.17, 15) is 14.4 Å². The molecule has 0 atom stereocenters. The van der Waals surface area contributed by atoms with Crippen LogP contribution in [0.2, 0.25) is 5.02 Å². The van der Waals surface area contributed by atoms with Crippen molar-refractivity contribution in [2.75, 3.05) is 35.2 Å². The molecule has 0 aliphatic carbocycles. The van der Waals surface area contributed by atoms with Crippen molar-refractivity contribution in [3.8, 4) is 0 Å². The Labute approximate surface area is 187 Å². The molecule has 2 aliphatic rings. The topological polar surface area (TPSA) is 118 Å². The summed E-state index contributed by atoms with van der Waals surface area (Å²) in [5.74, 6) is -0.0324. The van der Waals surface area contributed by atoms with Crippen LogP contribution in [0.3, 0.4) is 0 Å². The number of halogens is 1. The van der Waals surface area contributed by atoms with E-state index >= 15 is 0 Å². The van der Waals surface area contributed by atoms with Crippen molar-refractivity contribution < 1.29 is 14.3 Å². The van der Waals surface area contributed by atoms with Crippen molar-refractivity contribution in [1.29, 1.82) is 0 Å². The minimum Gasteiger partial charge on any atom is -0.460 e. The van der Waals surface area contributed by atoms with Gasteiger partial charge in [0, 0.05) is 37.6 Å². The highest BCUT2D eigenvalue weighted by Crippen LogP contribution is 2.32. The number of ether oxygens (including phenoxy) is 1. The maximum Gasteiger partial charge on any atom is 0.346 e. The van der Waals surface area contributed by atoms with Gasteiger partial charge < -0.3 is 19.9 Å². The molecule has 0 spiro atoms. The molecular weight excluding hydrogens is 436 g/mol. The number of anilines is 4. The number of aromatic nitrogens is 3. The number of aryl methyl sites for hydroxylation is 1. The van der Waals surface area contributed by atoms with Crippen LogP contribution in [0.15, 0.2) is 29.2 Å². The van der Waals surface area contributed by atoms with Gasteiger partial charge in [-0.1, -0.05) is 11.6 Å². The molecule has 3 aromatic rings. The van der Waals surface area contributed by atoms with E-state index in [0.29, 0.717) is 58.6 Å². The third-order valence-corrected chi connectivity index (χ3v) is 5.82. The predicted molar refractivity (Wildman–Crippen MR) is 120 cm³/mol. The first-order valence-corrected chi connectivity index (χ1v) is 10.5. The first-order chi connectivity index (χ1) is 15.4. The molecule has 1 amide bonds. The summed E-state index contributed by atoms with van der Waals surface area (Å²) in [4.78, 5) is 47.3.